The molecule has 1 aliphatic rings. The maximum atomic E-state index is 2.55. The summed E-state index contributed by atoms with van der Waals surface area (Å²) in [6, 6.07) is 5.46. The lowest BCUT2D eigenvalue weighted by Gasteiger charge is -2.35. The number of aryl methyl sites for hydroxylation is 2. The first-order valence-electron chi connectivity index (χ1n) is 6.90. The van der Waals surface area contributed by atoms with Gasteiger partial charge in [0.15, 0.2) is 0 Å². The number of nitrogens with zero attached hydrogens (tertiary/aromatic N) is 1. The van der Waals surface area contributed by atoms with Gasteiger partial charge in [-0.15, -0.1) is 0 Å². The van der Waals surface area contributed by atoms with Crippen molar-refractivity contribution in [2.45, 2.75) is 59.4 Å². The fraction of sp³-hybridized carbons (Fsp3) is 0.625. The van der Waals surface area contributed by atoms with Crippen molar-refractivity contribution in [3.8, 4) is 0 Å². The Bertz CT molecular complexity index is 404. The summed E-state index contributed by atoms with van der Waals surface area (Å²) in [7, 11) is 0. The Morgan fingerprint density at radius 1 is 1.12 bits per heavy atom. The quantitative estimate of drug-likeness (QED) is 0.734. The minimum atomic E-state index is 0.610. The van der Waals surface area contributed by atoms with Crippen molar-refractivity contribution >= 4 is 5.69 Å². The number of anilines is 1. The lowest BCUT2D eigenvalue weighted by Crippen LogP contribution is -2.35. The summed E-state index contributed by atoms with van der Waals surface area (Å²) < 4.78 is 0. The second kappa shape index (κ2) is 4.72. The standard InChI is InChI=1S/C16H25N/c1-11(2)15-10-14-7-6-8-17(12(3)4)16(14)9-13(15)5/h9-12H,6-8H2,1-5H3. The first kappa shape index (κ1) is 12.5. The molecule has 0 unspecified atom stereocenters. The maximum Gasteiger partial charge on any atom is 0.0403 e. The average Bonchev–Trinajstić information content (AvgIpc) is 2.26. The van der Waals surface area contributed by atoms with E-state index >= 15 is 0 Å². The molecule has 1 nitrogen and oxygen atoms in total. The van der Waals surface area contributed by atoms with Gasteiger partial charge in [0.1, 0.15) is 0 Å². The van der Waals surface area contributed by atoms with Crippen LogP contribution in [-0.4, -0.2) is 12.6 Å². The van der Waals surface area contributed by atoms with Gasteiger partial charge in [-0.1, -0.05) is 19.9 Å². The van der Waals surface area contributed by atoms with Gasteiger partial charge in [0.25, 0.3) is 0 Å². The molecule has 0 saturated carbocycles. The highest BCUT2D eigenvalue weighted by Crippen LogP contribution is 2.33. The van der Waals surface area contributed by atoms with Crippen molar-refractivity contribution in [1.29, 1.82) is 0 Å². The average molecular weight is 231 g/mol. The second-order valence-electron chi connectivity index (χ2n) is 5.88. The highest BCUT2D eigenvalue weighted by molar-refractivity contribution is 5.60. The molecule has 0 aliphatic carbocycles. The van der Waals surface area contributed by atoms with Gasteiger partial charge in [0, 0.05) is 18.3 Å². The van der Waals surface area contributed by atoms with Gasteiger partial charge in [-0.2, -0.15) is 0 Å². The molecule has 0 fully saturated rings. The van der Waals surface area contributed by atoms with E-state index in [1.165, 1.54) is 36.2 Å². The van der Waals surface area contributed by atoms with Crippen LogP contribution in [0.5, 0.6) is 0 Å². The van der Waals surface area contributed by atoms with E-state index in [2.05, 4.69) is 51.7 Å². The molecule has 2 rings (SSSR count). The van der Waals surface area contributed by atoms with Crippen LogP contribution in [0.25, 0.3) is 0 Å². The van der Waals surface area contributed by atoms with E-state index in [4.69, 9.17) is 0 Å². The molecular formula is C16H25N. The fourth-order valence-electron chi connectivity index (χ4n) is 2.94. The SMILES string of the molecule is Cc1cc2c(cc1C(C)C)CCCN2C(C)C. The van der Waals surface area contributed by atoms with E-state index in [1.54, 1.807) is 5.56 Å². The fourth-order valence-corrected chi connectivity index (χ4v) is 2.94. The molecule has 1 aliphatic heterocycles. The van der Waals surface area contributed by atoms with Crippen molar-refractivity contribution in [1.82, 2.24) is 0 Å². The van der Waals surface area contributed by atoms with Gasteiger partial charge in [0.2, 0.25) is 0 Å². The molecule has 94 valence electrons. The van der Waals surface area contributed by atoms with E-state index in [-0.39, 0.29) is 0 Å². The first-order chi connectivity index (χ1) is 8.00. The molecule has 0 bridgehead atoms. The summed E-state index contributed by atoms with van der Waals surface area (Å²) in [5, 5.41) is 0. The Hall–Kier alpha value is -0.980. The molecule has 1 heteroatoms. The molecule has 1 heterocycles. The number of fused-ring (bicyclic) bond motifs is 1. The van der Waals surface area contributed by atoms with Crippen molar-refractivity contribution in [2.75, 3.05) is 11.4 Å². The molecule has 0 amide bonds. The summed E-state index contributed by atoms with van der Waals surface area (Å²) in [4.78, 5) is 2.55. The van der Waals surface area contributed by atoms with E-state index in [9.17, 15) is 0 Å². The molecule has 0 radical (unpaired) electrons. The largest absolute Gasteiger partial charge is 0.369 e. The van der Waals surface area contributed by atoms with Crippen molar-refractivity contribution < 1.29 is 0 Å². The van der Waals surface area contributed by atoms with Gasteiger partial charge < -0.3 is 4.90 Å². The predicted octanol–water partition coefficient (Wildman–Crippen LogP) is 4.28. The minimum absolute atomic E-state index is 0.610. The highest BCUT2D eigenvalue weighted by atomic mass is 15.2. The van der Waals surface area contributed by atoms with Crippen LogP contribution in [0, 0.1) is 6.92 Å². The normalized spacial score (nSPS) is 15.6. The lowest BCUT2D eigenvalue weighted by atomic mass is 9.90. The molecule has 0 N–H and O–H groups in total. The minimum Gasteiger partial charge on any atom is -0.369 e. The van der Waals surface area contributed by atoms with Gasteiger partial charge in [0.05, 0.1) is 0 Å². The van der Waals surface area contributed by atoms with E-state index in [0.29, 0.717) is 12.0 Å². The summed E-state index contributed by atoms with van der Waals surface area (Å²) in [6.45, 7) is 12.6. The summed E-state index contributed by atoms with van der Waals surface area (Å²) in [5.74, 6) is 0.634. The van der Waals surface area contributed by atoms with Crippen LogP contribution in [0.2, 0.25) is 0 Å². The van der Waals surface area contributed by atoms with Gasteiger partial charge in [-0.05, 0) is 62.3 Å². The molecular weight excluding hydrogens is 206 g/mol. The molecule has 0 aromatic heterocycles. The monoisotopic (exact) mass is 231 g/mol. The molecule has 0 saturated heterocycles. The Morgan fingerprint density at radius 3 is 2.41 bits per heavy atom. The summed E-state index contributed by atoms with van der Waals surface area (Å²) >= 11 is 0. The van der Waals surface area contributed by atoms with Crippen LogP contribution in [0.15, 0.2) is 12.1 Å². The van der Waals surface area contributed by atoms with Gasteiger partial charge in [-0.3, -0.25) is 0 Å². The van der Waals surface area contributed by atoms with Crippen molar-refractivity contribution in [2.24, 2.45) is 0 Å². The Morgan fingerprint density at radius 2 is 1.82 bits per heavy atom. The van der Waals surface area contributed by atoms with Crippen LogP contribution in [0.1, 0.15) is 56.7 Å². The zero-order valence-corrected chi connectivity index (χ0v) is 11.9. The molecule has 0 atom stereocenters. The number of hydrogen-bond donors (Lipinski definition) is 0. The zero-order valence-electron chi connectivity index (χ0n) is 11.9. The molecule has 1 aromatic carbocycles. The van der Waals surface area contributed by atoms with E-state index in [1.807, 2.05) is 0 Å². The lowest BCUT2D eigenvalue weighted by molar-refractivity contribution is 0.624. The number of hydrogen-bond acceptors (Lipinski definition) is 1. The molecule has 17 heavy (non-hydrogen) atoms. The second-order valence-corrected chi connectivity index (χ2v) is 5.88. The highest BCUT2D eigenvalue weighted by Gasteiger charge is 2.20. The third-order valence-electron chi connectivity index (χ3n) is 3.87. The number of benzene rings is 1. The van der Waals surface area contributed by atoms with Gasteiger partial charge in [-0.25, -0.2) is 0 Å². The Labute approximate surface area is 106 Å². The van der Waals surface area contributed by atoms with Crippen molar-refractivity contribution in [3.05, 3.63) is 28.8 Å². The van der Waals surface area contributed by atoms with Crippen LogP contribution >= 0.6 is 0 Å². The van der Waals surface area contributed by atoms with Crippen LogP contribution < -0.4 is 4.90 Å². The van der Waals surface area contributed by atoms with Gasteiger partial charge >= 0.3 is 0 Å². The Kier molecular flexibility index (Phi) is 3.46. The van der Waals surface area contributed by atoms with Crippen molar-refractivity contribution in [3.63, 3.8) is 0 Å². The van der Waals surface area contributed by atoms with Crippen LogP contribution in [0.3, 0.4) is 0 Å². The molecule has 1 aromatic rings. The first-order valence-corrected chi connectivity index (χ1v) is 6.90. The summed E-state index contributed by atoms with van der Waals surface area (Å²) in [6.07, 6.45) is 2.55. The zero-order chi connectivity index (χ0) is 12.6. The van der Waals surface area contributed by atoms with Crippen LogP contribution in [0.4, 0.5) is 5.69 Å². The topological polar surface area (TPSA) is 3.24 Å². The van der Waals surface area contributed by atoms with E-state index in [0.717, 1.165) is 0 Å². The van der Waals surface area contributed by atoms with E-state index < -0.39 is 0 Å². The third kappa shape index (κ3) is 2.34. The van der Waals surface area contributed by atoms with Crippen LogP contribution in [-0.2, 0) is 6.42 Å². The maximum absolute atomic E-state index is 2.55. The molecule has 0 spiro atoms. The Balaban J connectivity index is 2.47. The summed E-state index contributed by atoms with van der Waals surface area (Å²) in [5.41, 5.74) is 6.01. The third-order valence-corrected chi connectivity index (χ3v) is 3.87. The predicted molar refractivity (Wildman–Crippen MR) is 76.1 cm³/mol. The number of rotatable bonds is 2. The smallest absolute Gasteiger partial charge is 0.0403 e.